The van der Waals surface area contributed by atoms with E-state index >= 15 is 0 Å². The Bertz CT molecular complexity index is 720. The summed E-state index contributed by atoms with van der Waals surface area (Å²) in [5.41, 5.74) is 0.690. The fraction of sp³-hybridized carbons (Fsp3) is 0.143. The van der Waals surface area contributed by atoms with Crippen LogP contribution in [0.1, 0.15) is 11.5 Å². The lowest BCUT2D eigenvalue weighted by atomic mass is 10.3. The van der Waals surface area contributed by atoms with E-state index < -0.39 is 11.7 Å². The predicted octanol–water partition coefficient (Wildman–Crippen LogP) is 4.53. The number of rotatable bonds is 3. The van der Waals surface area contributed by atoms with Gasteiger partial charge in [-0.2, -0.15) is 13.2 Å². The lowest BCUT2D eigenvalue weighted by molar-refractivity contribution is -0.137. The van der Waals surface area contributed by atoms with Crippen LogP contribution in [0.5, 0.6) is 0 Å². The van der Waals surface area contributed by atoms with Gasteiger partial charge < -0.3 is 4.42 Å². The van der Waals surface area contributed by atoms with Crippen LogP contribution in [-0.2, 0) is 11.9 Å². The van der Waals surface area contributed by atoms with Crippen molar-refractivity contribution in [2.24, 2.45) is 0 Å². The highest BCUT2D eigenvalue weighted by Gasteiger charge is 2.30. The van der Waals surface area contributed by atoms with Crippen LogP contribution < -0.4 is 0 Å². The largest absolute Gasteiger partial charge is 0.440 e. The standard InChI is InChI=1S/C14H9F3N2OS/c15-14(16,17)9-5-6-13(18-7-9)21-8-12-19-10-3-1-2-4-11(10)20-12/h1-7H,8H2. The molecular formula is C14H9F3N2OS. The van der Waals surface area contributed by atoms with Crippen LogP contribution in [0.2, 0.25) is 0 Å². The zero-order chi connectivity index (χ0) is 14.9. The van der Waals surface area contributed by atoms with Gasteiger partial charge in [0, 0.05) is 6.20 Å². The molecule has 108 valence electrons. The van der Waals surface area contributed by atoms with Gasteiger partial charge in [-0.15, -0.1) is 0 Å². The number of halogens is 3. The molecule has 0 fully saturated rings. The molecule has 0 bridgehead atoms. The first-order valence-electron chi connectivity index (χ1n) is 6.03. The van der Waals surface area contributed by atoms with E-state index in [0.717, 1.165) is 17.8 Å². The lowest BCUT2D eigenvalue weighted by Gasteiger charge is -2.05. The number of alkyl halides is 3. The second-order valence-corrected chi connectivity index (χ2v) is 5.24. The molecule has 1 aromatic carbocycles. The van der Waals surface area contributed by atoms with E-state index in [1.807, 2.05) is 24.3 Å². The van der Waals surface area contributed by atoms with Crippen LogP contribution in [0.15, 0.2) is 52.0 Å². The highest BCUT2D eigenvalue weighted by Crippen LogP contribution is 2.30. The van der Waals surface area contributed by atoms with Crippen molar-refractivity contribution in [1.82, 2.24) is 9.97 Å². The van der Waals surface area contributed by atoms with Crippen molar-refractivity contribution in [3.8, 4) is 0 Å². The lowest BCUT2D eigenvalue weighted by Crippen LogP contribution is -2.05. The minimum atomic E-state index is -4.36. The molecule has 0 amide bonds. The number of nitrogens with zero attached hydrogens (tertiary/aromatic N) is 2. The second-order valence-electron chi connectivity index (χ2n) is 4.25. The zero-order valence-corrected chi connectivity index (χ0v) is 11.4. The molecule has 0 N–H and O–H groups in total. The SMILES string of the molecule is FC(F)(F)c1ccc(SCc2nc3ccccc3o2)nc1. The zero-order valence-electron chi connectivity index (χ0n) is 10.6. The Kier molecular flexibility index (Phi) is 3.59. The van der Waals surface area contributed by atoms with E-state index in [0.29, 0.717) is 22.3 Å². The van der Waals surface area contributed by atoms with Gasteiger partial charge in [0.25, 0.3) is 0 Å². The van der Waals surface area contributed by atoms with E-state index in [9.17, 15) is 13.2 Å². The first-order chi connectivity index (χ1) is 10.0. The highest BCUT2D eigenvalue weighted by atomic mass is 32.2. The quantitative estimate of drug-likeness (QED) is 0.666. The summed E-state index contributed by atoms with van der Waals surface area (Å²) in [6, 6.07) is 9.72. The second kappa shape index (κ2) is 5.40. The fourth-order valence-electron chi connectivity index (χ4n) is 1.75. The Morgan fingerprint density at radius 3 is 2.57 bits per heavy atom. The van der Waals surface area contributed by atoms with Crippen LogP contribution in [-0.4, -0.2) is 9.97 Å². The molecule has 3 rings (SSSR count). The average molecular weight is 310 g/mol. The van der Waals surface area contributed by atoms with Gasteiger partial charge in [-0.25, -0.2) is 9.97 Å². The molecule has 21 heavy (non-hydrogen) atoms. The minimum absolute atomic E-state index is 0.410. The van der Waals surface area contributed by atoms with Gasteiger partial charge in [-0.3, -0.25) is 0 Å². The van der Waals surface area contributed by atoms with E-state index in [2.05, 4.69) is 9.97 Å². The third-order valence-electron chi connectivity index (χ3n) is 2.75. The number of pyridine rings is 1. The van der Waals surface area contributed by atoms with Gasteiger partial charge >= 0.3 is 6.18 Å². The molecule has 0 aliphatic rings. The number of hydrogen-bond acceptors (Lipinski definition) is 4. The van der Waals surface area contributed by atoms with Gasteiger partial charge in [0.05, 0.1) is 16.3 Å². The fourth-order valence-corrected chi connectivity index (χ4v) is 2.44. The number of para-hydroxylation sites is 2. The molecule has 7 heteroatoms. The number of fused-ring (bicyclic) bond motifs is 1. The molecule has 0 spiro atoms. The molecule has 0 radical (unpaired) electrons. The van der Waals surface area contributed by atoms with Crippen LogP contribution >= 0.6 is 11.8 Å². The number of aromatic nitrogens is 2. The molecular weight excluding hydrogens is 301 g/mol. The number of hydrogen-bond donors (Lipinski definition) is 0. The Balaban J connectivity index is 1.69. The third kappa shape index (κ3) is 3.18. The summed E-state index contributed by atoms with van der Waals surface area (Å²) in [7, 11) is 0. The maximum Gasteiger partial charge on any atom is 0.417 e. The molecule has 3 nitrogen and oxygen atoms in total. The third-order valence-corrected chi connectivity index (χ3v) is 3.67. The Hall–Kier alpha value is -2.02. The van der Waals surface area contributed by atoms with Crippen LogP contribution in [0.3, 0.4) is 0 Å². The molecule has 0 aliphatic carbocycles. The summed E-state index contributed by atoms with van der Waals surface area (Å²) in [4.78, 5) is 8.08. The molecule has 0 aliphatic heterocycles. The number of oxazole rings is 1. The van der Waals surface area contributed by atoms with Crippen LogP contribution in [0.4, 0.5) is 13.2 Å². The molecule has 0 atom stereocenters. The summed E-state index contributed by atoms with van der Waals surface area (Å²) in [5, 5.41) is 0.491. The normalized spacial score (nSPS) is 12.0. The van der Waals surface area contributed by atoms with Crippen LogP contribution in [0.25, 0.3) is 11.1 Å². The van der Waals surface area contributed by atoms with Crippen molar-refractivity contribution in [1.29, 1.82) is 0 Å². The minimum Gasteiger partial charge on any atom is -0.440 e. The van der Waals surface area contributed by atoms with E-state index in [4.69, 9.17) is 4.42 Å². The molecule has 3 aromatic rings. The predicted molar refractivity (Wildman–Crippen MR) is 72.8 cm³/mol. The van der Waals surface area contributed by atoms with E-state index in [1.165, 1.54) is 17.8 Å². The first-order valence-corrected chi connectivity index (χ1v) is 7.01. The average Bonchev–Trinajstić information content (AvgIpc) is 2.87. The maximum atomic E-state index is 12.4. The van der Waals surface area contributed by atoms with Crippen molar-refractivity contribution >= 4 is 22.9 Å². The molecule has 2 heterocycles. The molecule has 0 saturated heterocycles. The van der Waals surface area contributed by atoms with Crippen molar-refractivity contribution in [2.75, 3.05) is 0 Å². The first kappa shape index (κ1) is 13.9. The van der Waals surface area contributed by atoms with Crippen molar-refractivity contribution in [3.05, 3.63) is 54.0 Å². The maximum absolute atomic E-state index is 12.4. The van der Waals surface area contributed by atoms with Gasteiger partial charge in [-0.1, -0.05) is 23.9 Å². The Morgan fingerprint density at radius 1 is 1.10 bits per heavy atom. The molecule has 2 aromatic heterocycles. The topological polar surface area (TPSA) is 38.9 Å². The van der Waals surface area contributed by atoms with Crippen molar-refractivity contribution in [3.63, 3.8) is 0 Å². The number of thioether (sulfide) groups is 1. The summed E-state index contributed by atoms with van der Waals surface area (Å²) in [6.45, 7) is 0. The van der Waals surface area contributed by atoms with Crippen LogP contribution in [0, 0.1) is 0 Å². The summed E-state index contributed by atoms with van der Waals surface area (Å²) < 4.78 is 42.8. The van der Waals surface area contributed by atoms with E-state index in [1.54, 1.807) is 0 Å². The van der Waals surface area contributed by atoms with Gasteiger partial charge in [0.15, 0.2) is 5.58 Å². The van der Waals surface area contributed by atoms with Gasteiger partial charge in [-0.05, 0) is 24.3 Å². The van der Waals surface area contributed by atoms with Crippen molar-refractivity contribution in [2.45, 2.75) is 17.0 Å². The van der Waals surface area contributed by atoms with E-state index in [-0.39, 0.29) is 0 Å². The van der Waals surface area contributed by atoms with Crippen molar-refractivity contribution < 1.29 is 17.6 Å². The number of benzene rings is 1. The monoisotopic (exact) mass is 310 g/mol. The van der Waals surface area contributed by atoms with Gasteiger partial charge in [0.2, 0.25) is 5.89 Å². The summed E-state index contributed by atoms with van der Waals surface area (Å²) >= 11 is 1.27. The smallest absolute Gasteiger partial charge is 0.417 e. The summed E-state index contributed by atoms with van der Waals surface area (Å²) in [5.74, 6) is 0.926. The molecule has 0 saturated carbocycles. The Morgan fingerprint density at radius 2 is 1.90 bits per heavy atom. The summed E-state index contributed by atoms with van der Waals surface area (Å²) in [6.07, 6.45) is -3.54. The highest BCUT2D eigenvalue weighted by molar-refractivity contribution is 7.98. The van der Waals surface area contributed by atoms with Gasteiger partial charge in [0.1, 0.15) is 5.52 Å². The Labute approximate surface area is 122 Å². The molecule has 0 unspecified atom stereocenters.